The molecule has 0 amide bonds. The lowest BCUT2D eigenvalue weighted by atomic mass is 9.97. The van der Waals surface area contributed by atoms with Crippen LogP contribution in [0.3, 0.4) is 0 Å². The number of rotatable bonds is 10. The number of benzene rings is 2. The predicted octanol–water partition coefficient (Wildman–Crippen LogP) is -2.05. The molecular formula is C30H34O17. The Kier molecular flexibility index (Phi) is 11.7. The normalized spacial score (nSPS) is 31.2. The van der Waals surface area contributed by atoms with Gasteiger partial charge in [-0.15, -0.1) is 0 Å². The Morgan fingerprint density at radius 3 is 1.57 bits per heavy atom. The molecule has 0 radical (unpaired) electrons. The molecule has 2 fully saturated rings. The number of aromatic hydroxyl groups is 4. The van der Waals surface area contributed by atoms with Crippen LogP contribution in [0.1, 0.15) is 11.1 Å². The first-order valence-corrected chi connectivity index (χ1v) is 14.0. The lowest BCUT2D eigenvalue weighted by molar-refractivity contribution is -0.361. The molecule has 0 spiro atoms. The summed E-state index contributed by atoms with van der Waals surface area (Å²) in [6, 6.07) is 7.59. The van der Waals surface area contributed by atoms with Gasteiger partial charge >= 0.3 is 11.9 Å². The second-order valence-electron chi connectivity index (χ2n) is 10.6. The fraction of sp³-hybridized carbons (Fsp3) is 0.400. The van der Waals surface area contributed by atoms with Crippen LogP contribution in [0.4, 0.5) is 0 Å². The molecule has 4 rings (SSSR count). The summed E-state index contributed by atoms with van der Waals surface area (Å²) < 4.78 is 26.1. The zero-order valence-electron chi connectivity index (χ0n) is 24.3. The number of phenolic OH excluding ortho intramolecular Hbond substituents is 4. The molecule has 2 aliphatic heterocycles. The zero-order chi connectivity index (χ0) is 34.4. The molecule has 2 aromatic rings. The second-order valence-corrected chi connectivity index (χ2v) is 10.6. The monoisotopic (exact) mass is 666 g/mol. The maximum Gasteiger partial charge on any atom is 0.330 e. The highest BCUT2D eigenvalue weighted by Crippen LogP contribution is 2.30. The summed E-state index contributed by atoms with van der Waals surface area (Å²) in [5.74, 6) is -3.38. The minimum Gasteiger partial charge on any atom is -0.504 e. The van der Waals surface area contributed by atoms with E-state index in [0.29, 0.717) is 11.1 Å². The van der Waals surface area contributed by atoms with E-state index in [9.17, 15) is 60.7 Å². The Bertz CT molecular complexity index is 1460. The van der Waals surface area contributed by atoms with Crippen molar-refractivity contribution in [2.24, 2.45) is 0 Å². The number of carbonyl (C=O) groups excluding carboxylic acids is 2. The average molecular weight is 667 g/mol. The van der Waals surface area contributed by atoms with E-state index in [4.69, 9.17) is 23.7 Å². The van der Waals surface area contributed by atoms with E-state index in [1.807, 2.05) is 0 Å². The number of aliphatic hydroxyl groups is 6. The molecule has 2 aliphatic rings. The number of aliphatic hydroxyl groups excluding tert-OH is 6. The molecule has 47 heavy (non-hydrogen) atoms. The van der Waals surface area contributed by atoms with E-state index in [1.165, 1.54) is 48.6 Å². The highest BCUT2D eigenvalue weighted by atomic mass is 16.7. The van der Waals surface area contributed by atoms with Gasteiger partial charge in [0.25, 0.3) is 0 Å². The summed E-state index contributed by atoms with van der Waals surface area (Å²) in [5.41, 5.74) is 0.698. The molecule has 17 nitrogen and oxygen atoms in total. The fourth-order valence-electron chi connectivity index (χ4n) is 4.57. The maximum atomic E-state index is 12.2. The summed E-state index contributed by atoms with van der Waals surface area (Å²) in [6.45, 7) is -1.28. The summed E-state index contributed by atoms with van der Waals surface area (Å²) >= 11 is 0. The summed E-state index contributed by atoms with van der Waals surface area (Å²) in [7, 11) is 0. The third-order valence-electron chi connectivity index (χ3n) is 7.22. The molecule has 0 aliphatic carbocycles. The predicted molar refractivity (Wildman–Crippen MR) is 154 cm³/mol. The Hall–Kier alpha value is -4.30. The number of carbonyl (C=O) groups is 2. The van der Waals surface area contributed by atoms with E-state index in [1.54, 1.807) is 0 Å². The van der Waals surface area contributed by atoms with Gasteiger partial charge in [-0.2, -0.15) is 0 Å². The van der Waals surface area contributed by atoms with Crippen LogP contribution in [-0.4, -0.2) is 138 Å². The molecule has 2 heterocycles. The van der Waals surface area contributed by atoms with Crippen LogP contribution in [0.5, 0.6) is 23.0 Å². The van der Waals surface area contributed by atoms with E-state index < -0.39 is 98.1 Å². The van der Waals surface area contributed by atoms with Crippen LogP contribution in [0.2, 0.25) is 0 Å². The molecule has 17 heteroatoms. The van der Waals surface area contributed by atoms with Gasteiger partial charge in [-0.25, -0.2) is 9.59 Å². The molecule has 2 aromatic carbocycles. The van der Waals surface area contributed by atoms with Gasteiger partial charge in [-0.1, -0.05) is 12.1 Å². The van der Waals surface area contributed by atoms with Crippen LogP contribution >= 0.6 is 0 Å². The fourth-order valence-corrected chi connectivity index (χ4v) is 4.57. The van der Waals surface area contributed by atoms with Gasteiger partial charge in [0.2, 0.25) is 0 Å². The molecule has 0 unspecified atom stereocenters. The Labute approximate surface area is 265 Å². The quantitative estimate of drug-likeness (QED) is 0.0742. The lowest BCUT2D eigenvalue weighted by Crippen LogP contribution is -2.64. The highest BCUT2D eigenvalue weighted by molar-refractivity contribution is 5.87. The maximum absolute atomic E-state index is 12.2. The van der Waals surface area contributed by atoms with Crippen LogP contribution in [0.15, 0.2) is 48.6 Å². The molecule has 256 valence electrons. The van der Waals surface area contributed by atoms with Crippen LogP contribution in [0.25, 0.3) is 12.2 Å². The number of phenols is 4. The van der Waals surface area contributed by atoms with Crippen molar-refractivity contribution < 1.29 is 84.3 Å². The van der Waals surface area contributed by atoms with Gasteiger partial charge in [0.05, 0.1) is 0 Å². The van der Waals surface area contributed by atoms with Crippen molar-refractivity contribution in [2.45, 2.75) is 61.4 Å². The van der Waals surface area contributed by atoms with Crippen molar-refractivity contribution in [3.8, 4) is 23.0 Å². The van der Waals surface area contributed by atoms with Crippen molar-refractivity contribution >= 4 is 24.1 Å². The average Bonchev–Trinajstić information content (AvgIpc) is 3.04. The topological polar surface area (TPSA) is 283 Å². The highest BCUT2D eigenvalue weighted by Gasteiger charge is 2.50. The molecule has 10 atom stereocenters. The van der Waals surface area contributed by atoms with E-state index in [2.05, 4.69) is 0 Å². The summed E-state index contributed by atoms with van der Waals surface area (Å²) in [4.78, 5) is 24.3. The van der Waals surface area contributed by atoms with E-state index in [-0.39, 0.29) is 11.5 Å². The first-order chi connectivity index (χ1) is 22.2. The van der Waals surface area contributed by atoms with Crippen molar-refractivity contribution in [1.82, 2.24) is 0 Å². The number of hydrogen-bond acceptors (Lipinski definition) is 17. The third kappa shape index (κ3) is 8.95. The van der Waals surface area contributed by atoms with Crippen LogP contribution in [-0.2, 0) is 33.3 Å². The Morgan fingerprint density at radius 2 is 1.09 bits per heavy atom. The smallest absolute Gasteiger partial charge is 0.330 e. The Balaban J connectivity index is 1.30. The SMILES string of the molecule is O=C(/C=C/c1ccc(O)c(O)c1)OC[C@H]1O[C@@H](O[C@@H]2[C@@H](O)[C@H](O)[C@@H](COC(=O)/C=C/c3ccc(O)c(O)c3)O[C@@H]2O)[C@H](O)[C@@H](O)[C@@H]1O. The molecule has 10 N–H and O–H groups in total. The number of esters is 2. The lowest BCUT2D eigenvalue weighted by Gasteiger charge is -2.45. The van der Waals surface area contributed by atoms with E-state index in [0.717, 1.165) is 12.2 Å². The van der Waals surface area contributed by atoms with E-state index >= 15 is 0 Å². The first-order valence-electron chi connectivity index (χ1n) is 14.0. The van der Waals surface area contributed by atoms with Crippen molar-refractivity contribution in [3.05, 3.63) is 59.7 Å². The number of ether oxygens (including phenoxy) is 5. The van der Waals surface area contributed by atoms with Crippen molar-refractivity contribution in [1.29, 1.82) is 0 Å². The van der Waals surface area contributed by atoms with Crippen molar-refractivity contribution in [3.63, 3.8) is 0 Å². The molecule has 0 saturated carbocycles. The van der Waals surface area contributed by atoms with Crippen LogP contribution in [0, 0.1) is 0 Å². The van der Waals surface area contributed by atoms with Gasteiger partial charge in [0, 0.05) is 12.2 Å². The zero-order valence-corrected chi connectivity index (χ0v) is 24.3. The minimum atomic E-state index is -1.98. The second kappa shape index (κ2) is 15.5. The van der Waals surface area contributed by atoms with Gasteiger partial charge in [0.15, 0.2) is 35.6 Å². The molecule has 0 bridgehead atoms. The van der Waals surface area contributed by atoms with Gasteiger partial charge in [-0.05, 0) is 47.5 Å². The molecular weight excluding hydrogens is 632 g/mol. The summed E-state index contributed by atoms with van der Waals surface area (Å²) in [5, 5.41) is 101. The first kappa shape index (κ1) is 35.6. The van der Waals surface area contributed by atoms with Gasteiger partial charge in [-0.3, -0.25) is 0 Å². The molecule has 2 saturated heterocycles. The van der Waals surface area contributed by atoms with Gasteiger partial charge < -0.3 is 74.7 Å². The van der Waals surface area contributed by atoms with Crippen molar-refractivity contribution in [2.75, 3.05) is 13.2 Å². The van der Waals surface area contributed by atoms with Gasteiger partial charge in [0.1, 0.15) is 62.0 Å². The number of hydrogen-bond donors (Lipinski definition) is 10. The third-order valence-corrected chi connectivity index (χ3v) is 7.22. The largest absolute Gasteiger partial charge is 0.504 e. The Morgan fingerprint density at radius 1 is 0.617 bits per heavy atom. The van der Waals surface area contributed by atoms with Crippen LogP contribution < -0.4 is 0 Å². The minimum absolute atomic E-state index is 0.344. The standard InChI is InChI=1S/C30H34O17/c31-15-5-1-13(9-17(15)33)3-7-21(35)43-11-19-24(38)26(40)28(29(42)45-19)47-30-27(41)25(39)23(37)20(46-30)12-44-22(36)8-4-14-2-6-16(32)18(34)10-14/h1-10,19-20,23-34,37-42H,11-12H2/b7-3+,8-4+/t19-,20-,23-,24-,25+,26+,27-,28-,29+,30+/m1/s1. The molecule has 0 aromatic heterocycles. The summed E-state index contributed by atoms with van der Waals surface area (Å²) in [6.07, 6.45) is -13.3.